The van der Waals surface area contributed by atoms with Crippen molar-refractivity contribution in [2.45, 2.75) is 24.9 Å². The second-order valence-electron chi connectivity index (χ2n) is 2.42. The molecule has 1 heterocycles. The third-order valence-electron chi connectivity index (χ3n) is 1.70. The molecule has 1 aliphatic heterocycles. The Labute approximate surface area is 54.6 Å². The first-order chi connectivity index (χ1) is 4.34. The monoisotopic (exact) mass is 128 g/mol. The molecule has 1 rings (SSSR count). The summed E-state index contributed by atoms with van der Waals surface area (Å²) < 4.78 is 0. The molecule has 0 aromatic carbocycles. The highest BCUT2D eigenvalue weighted by atomic mass is 16.1. The number of nitrogens with one attached hydrogen (secondary N) is 1. The van der Waals surface area contributed by atoms with Crippen molar-refractivity contribution in [3.63, 3.8) is 0 Å². The van der Waals surface area contributed by atoms with E-state index < -0.39 is 0 Å². The van der Waals surface area contributed by atoms with Gasteiger partial charge in [-0.15, -0.1) is 0 Å². The van der Waals surface area contributed by atoms with Crippen LogP contribution in [0.4, 0.5) is 0 Å². The highest BCUT2D eigenvalue weighted by Crippen LogP contribution is 2.03. The van der Waals surface area contributed by atoms with E-state index in [1.54, 1.807) is 0 Å². The minimum Gasteiger partial charge on any atom is -0.326 e. The number of piperidine rings is 1. The summed E-state index contributed by atoms with van der Waals surface area (Å²) in [5.41, 5.74) is 5.60. The molecule has 3 heteroatoms. The van der Waals surface area contributed by atoms with Crippen molar-refractivity contribution in [1.29, 1.82) is 0 Å². The van der Waals surface area contributed by atoms with E-state index in [0.29, 0.717) is 0 Å². The van der Waals surface area contributed by atoms with Crippen molar-refractivity contribution in [2.24, 2.45) is 5.73 Å². The van der Waals surface area contributed by atoms with Crippen LogP contribution in [0.2, 0.25) is 0 Å². The summed E-state index contributed by atoms with van der Waals surface area (Å²) in [6, 6.07) is -0.0602. The fourth-order valence-electron chi connectivity index (χ4n) is 1.09. The molecule has 1 saturated heterocycles. The number of carbonyl (C=O) groups excluding carboxylic acids is 1. The minimum atomic E-state index is -0.0984. The Morgan fingerprint density at radius 1 is 1.67 bits per heavy atom. The van der Waals surface area contributed by atoms with E-state index in [1.807, 2.05) is 0 Å². The third-order valence-corrected chi connectivity index (χ3v) is 1.70. The number of nitrogens with two attached hydrogens (primary N) is 1. The summed E-state index contributed by atoms with van der Waals surface area (Å²) in [4.78, 5) is 10.2. The molecule has 1 unspecified atom stereocenters. The number of carbonyl (C=O) groups is 1. The molecule has 0 amide bonds. The van der Waals surface area contributed by atoms with E-state index in [9.17, 15) is 4.79 Å². The SMILES string of the molecule is N[C@H]1CCCNC1C=O. The van der Waals surface area contributed by atoms with E-state index in [1.165, 1.54) is 0 Å². The topological polar surface area (TPSA) is 55.1 Å². The van der Waals surface area contributed by atoms with Gasteiger partial charge in [0.2, 0.25) is 0 Å². The van der Waals surface area contributed by atoms with Crippen LogP contribution in [0.15, 0.2) is 0 Å². The second-order valence-corrected chi connectivity index (χ2v) is 2.42. The van der Waals surface area contributed by atoms with Gasteiger partial charge in [-0.25, -0.2) is 0 Å². The normalized spacial score (nSPS) is 36.1. The van der Waals surface area contributed by atoms with Crippen LogP contribution in [0.3, 0.4) is 0 Å². The van der Waals surface area contributed by atoms with Crippen LogP contribution in [0.1, 0.15) is 12.8 Å². The van der Waals surface area contributed by atoms with Crippen LogP contribution in [0, 0.1) is 0 Å². The molecular weight excluding hydrogens is 116 g/mol. The van der Waals surface area contributed by atoms with Crippen LogP contribution < -0.4 is 11.1 Å². The van der Waals surface area contributed by atoms with E-state index >= 15 is 0 Å². The average molecular weight is 128 g/mol. The van der Waals surface area contributed by atoms with Gasteiger partial charge in [-0.2, -0.15) is 0 Å². The van der Waals surface area contributed by atoms with Gasteiger partial charge in [0.05, 0.1) is 6.04 Å². The Morgan fingerprint density at radius 2 is 2.44 bits per heavy atom. The van der Waals surface area contributed by atoms with Crippen molar-refractivity contribution in [3.05, 3.63) is 0 Å². The molecule has 3 N–H and O–H groups in total. The molecule has 9 heavy (non-hydrogen) atoms. The fraction of sp³-hybridized carbons (Fsp3) is 0.833. The Morgan fingerprint density at radius 3 is 2.89 bits per heavy atom. The number of aldehydes is 1. The van der Waals surface area contributed by atoms with Crippen LogP contribution in [-0.2, 0) is 4.79 Å². The van der Waals surface area contributed by atoms with Gasteiger partial charge in [0.15, 0.2) is 0 Å². The van der Waals surface area contributed by atoms with Gasteiger partial charge in [0.1, 0.15) is 6.29 Å². The molecule has 52 valence electrons. The first-order valence-electron chi connectivity index (χ1n) is 3.29. The van der Waals surface area contributed by atoms with Crippen LogP contribution >= 0.6 is 0 Å². The first-order valence-corrected chi connectivity index (χ1v) is 3.29. The number of hydrogen-bond donors (Lipinski definition) is 2. The molecule has 2 atom stereocenters. The third kappa shape index (κ3) is 1.50. The maximum atomic E-state index is 10.2. The molecule has 0 spiro atoms. The Bertz CT molecular complexity index is 105. The zero-order valence-corrected chi connectivity index (χ0v) is 5.34. The maximum Gasteiger partial charge on any atom is 0.138 e. The molecule has 3 nitrogen and oxygen atoms in total. The van der Waals surface area contributed by atoms with Gasteiger partial charge in [0.25, 0.3) is 0 Å². The lowest BCUT2D eigenvalue weighted by atomic mass is 10.0. The van der Waals surface area contributed by atoms with Crippen LogP contribution in [0.5, 0.6) is 0 Å². The minimum absolute atomic E-state index is 0.0382. The summed E-state index contributed by atoms with van der Waals surface area (Å²) in [5.74, 6) is 0. The predicted molar refractivity (Wildman–Crippen MR) is 35.1 cm³/mol. The average Bonchev–Trinajstić information content (AvgIpc) is 1.89. The summed E-state index contributed by atoms with van der Waals surface area (Å²) in [6.45, 7) is 0.928. The zero-order valence-electron chi connectivity index (χ0n) is 5.34. The highest BCUT2D eigenvalue weighted by Gasteiger charge is 2.19. The van der Waals surface area contributed by atoms with Crippen molar-refractivity contribution in [2.75, 3.05) is 6.54 Å². The molecule has 0 aromatic rings. The lowest BCUT2D eigenvalue weighted by Crippen LogP contribution is -2.50. The summed E-state index contributed by atoms with van der Waals surface area (Å²) in [7, 11) is 0. The van der Waals surface area contributed by atoms with Gasteiger partial charge < -0.3 is 15.8 Å². The van der Waals surface area contributed by atoms with Crippen molar-refractivity contribution in [1.82, 2.24) is 5.32 Å². The predicted octanol–water partition coefficient (Wildman–Crippen LogP) is -0.735. The standard InChI is InChI=1S/C6H12N2O/c7-5-2-1-3-8-6(5)4-9/h4-6,8H,1-3,7H2/t5-,6?/m0/s1. The first kappa shape index (κ1) is 6.71. The quantitative estimate of drug-likeness (QED) is 0.457. The molecule has 0 aliphatic carbocycles. The molecule has 1 aliphatic rings. The molecular formula is C6H12N2O. The molecule has 0 radical (unpaired) electrons. The van der Waals surface area contributed by atoms with Crippen molar-refractivity contribution in [3.8, 4) is 0 Å². The Balaban J connectivity index is 2.38. The van der Waals surface area contributed by atoms with Crippen LogP contribution in [-0.4, -0.2) is 24.9 Å². The Kier molecular flexibility index (Phi) is 2.19. The van der Waals surface area contributed by atoms with Gasteiger partial charge in [-0.1, -0.05) is 0 Å². The lowest BCUT2D eigenvalue weighted by molar-refractivity contribution is -0.110. The molecule has 1 fully saturated rings. The summed E-state index contributed by atoms with van der Waals surface area (Å²) in [5, 5.41) is 3.03. The van der Waals surface area contributed by atoms with Crippen molar-refractivity contribution >= 4 is 6.29 Å². The van der Waals surface area contributed by atoms with E-state index in [0.717, 1.165) is 25.7 Å². The van der Waals surface area contributed by atoms with E-state index in [-0.39, 0.29) is 12.1 Å². The lowest BCUT2D eigenvalue weighted by Gasteiger charge is -2.24. The zero-order chi connectivity index (χ0) is 6.69. The van der Waals surface area contributed by atoms with E-state index in [4.69, 9.17) is 5.73 Å². The van der Waals surface area contributed by atoms with Gasteiger partial charge in [-0.05, 0) is 19.4 Å². The van der Waals surface area contributed by atoms with Crippen molar-refractivity contribution < 1.29 is 4.79 Å². The van der Waals surface area contributed by atoms with Gasteiger partial charge in [-0.3, -0.25) is 0 Å². The summed E-state index contributed by atoms with van der Waals surface area (Å²) >= 11 is 0. The molecule has 0 bridgehead atoms. The highest BCUT2D eigenvalue weighted by molar-refractivity contribution is 5.59. The molecule has 0 aromatic heterocycles. The van der Waals surface area contributed by atoms with Gasteiger partial charge in [0, 0.05) is 6.04 Å². The van der Waals surface area contributed by atoms with Crippen LogP contribution in [0.25, 0.3) is 0 Å². The van der Waals surface area contributed by atoms with Gasteiger partial charge >= 0.3 is 0 Å². The summed E-state index contributed by atoms with van der Waals surface area (Å²) in [6.07, 6.45) is 2.95. The largest absolute Gasteiger partial charge is 0.326 e. The van der Waals surface area contributed by atoms with E-state index in [2.05, 4.69) is 5.32 Å². The number of rotatable bonds is 1. The Hall–Kier alpha value is -0.410. The number of hydrogen-bond acceptors (Lipinski definition) is 3. The smallest absolute Gasteiger partial charge is 0.138 e. The fourth-order valence-corrected chi connectivity index (χ4v) is 1.09. The second kappa shape index (κ2) is 2.94. The molecule has 0 saturated carbocycles. The maximum absolute atomic E-state index is 10.2.